The fraction of sp³-hybridized carbons (Fsp3) is 0. The smallest absolute Gasteiger partial charge is 0.446 e. The number of fused-ring (bicyclic) bond motifs is 1. The number of phenolic OH excluding ortho intramolecular Hbond substituents is 1. The summed E-state index contributed by atoms with van der Waals surface area (Å²) in [6, 6.07) is 7.14. The van der Waals surface area contributed by atoms with Crippen molar-refractivity contribution in [3.63, 3.8) is 0 Å². The van der Waals surface area contributed by atoms with Crippen molar-refractivity contribution >= 4 is 26.9 Å². The molecule has 90 valence electrons. The molecule has 0 aliphatic heterocycles. The maximum atomic E-state index is 10.5. The lowest BCUT2D eigenvalue weighted by Crippen LogP contribution is -2.06. The third-order valence-electron chi connectivity index (χ3n) is 2.21. The van der Waals surface area contributed by atoms with Gasteiger partial charge in [-0.15, -0.1) is 0 Å². The first-order chi connectivity index (χ1) is 7.87. The molecule has 17 heavy (non-hydrogen) atoms. The molecule has 2 aromatic rings. The van der Waals surface area contributed by atoms with Crippen LogP contribution in [0.2, 0.25) is 0 Å². The van der Waals surface area contributed by atoms with E-state index in [2.05, 4.69) is 4.18 Å². The Bertz CT molecular complexity index is 680. The van der Waals surface area contributed by atoms with Gasteiger partial charge < -0.3 is 15.0 Å². The van der Waals surface area contributed by atoms with Gasteiger partial charge in [-0.1, -0.05) is 6.07 Å². The van der Waals surface area contributed by atoms with Crippen LogP contribution < -0.4 is 9.92 Å². The number of aromatic hydroxyl groups is 1. The summed E-state index contributed by atoms with van der Waals surface area (Å²) < 4.78 is 33.9. The van der Waals surface area contributed by atoms with Crippen molar-refractivity contribution in [1.82, 2.24) is 0 Å². The van der Waals surface area contributed by atoms with Crippen LogP contribution in [0.15, 0.2) is 30.3 Å². The maximum Gasteiger partial charge on any atom is 0.446 e. The Kier molecular flexibility index (Phi) is 2.56. The SMILES string of the molecule is Nc1c(O)ccc2cc(OS(=O)(=O)O)ccc12. The molecular formula is C10H9NO5S. The van der Waals surface area contributed by atoms with Gasteiger partial charge in [0.25, 0.3) is 0 Å². The summed E-state index contributed by atoms with van der Waals surface area (Å²) in [7, 11) is -4.54. The van der Waals surface area contributed by atoms with Gasteiger partial charge in [0.15, 0.2) is 0 Å². The Morgan fingerprint density at radius 1 is 1.18 bits per heavy atom. The number of hydrogen-bond donors (Lipinski definition) is 3. The van der Waals surface area contributed by atoms with E-state index in [0.717, 1.165) is 0 Å². The Hall–Kier alpha value is -1.99. The van der Waals surface area contributed by atoms with Gasteiger partial charge in [0.1, 0.15) is 11.5 Å². The van der Waals surface area contributed by atoms with Crippen molar-refractivity contribution in [2.75, 3.05) is 5.73 Å². The summed E-state index contributed by atoms with van der Waals surface area (Å²) in [6.07, 6.45) is 0. The van der Waals surface area contributed by atoms with E-state index in [1.807, 2.05) is 0 Å². The second-order valence-corrected chi connectivity index (χ2v) is 4.41. The number of phenols is 1. The second-order valence-electron chi connectivity index (χ2n) is 3.39. The van der Waals surface area contributed by atoms with Gasteiger partial charge in [-0.05, 0) is 29.7 Å². The first kappa shape index (κ1) is 11.5. The zero-order valence-corrected chi connectivity index (χ0v) is 9.31. The van der Waals surface area contributed by atoms with E-state index in [4.69, 9.17) is 10.3 Å². The van der Waals surface area contributed by atoms with Crippen molar-refractivity contribution < 1.29 is 22.3 Å². The predicted octanol–water partition coefficient (Wildman–Crippen LogP) is 1.31. The molecule has 2 aromatic carbocycles. The number of hydrogen-bond acceptors (Lipinski definition) is 5. The lowest BCUT2D eigenvalue weighted by molar-refractivity contribution is 0.387. The number of nitrogens with two attached hydrogens (primary N) is 1. The second kappa shape index (κ2) is 3.79. The maximum absolute atomic E-state index is 10.5. The van der Waals surface area contributed by atoms with Crippen LogP contribution in [0.1, 0.15) is 0 Å². The van der Waals surface area contributed by atoms with Crippen LogP contribution in [0, 0.1) is 0 Å². The van der Waals surface area contributed by atoms with Gasteiger partial charge >= 0.3 is 10.4 Å². The first-order valence-corrected chi connectivity index (χ1v) is 5.91. The topological polar surface area (TPSA) is 110 Å². The van der Waals surface area contributed by atoms with Crippen LogP contribution in [0.3, 0.4) is 0 Å². The summed E-state index contributed by atoms with van der Waals surface area (Å²) in [4.78, 5) is 0. The molecule has 0 aliphatic rings. The molecule has 4 N–H and O–H groups in total. The van der Waals surface area contributed by atoms with Crippen molar-refractivity contribution in [3.8, 4) is 11.5 Å². The van der Waals surface area contributed by atoms with Gasteiger partial charge in [0.05, 0.1) is 5.69 Å². The number of anilines is 1. The highest BCUT2D eigenvalue weighted by Gasteiger charge is 2.09. The highest BCUT2D eigenvalue weighted by molar-refractivity contribution is 7.81. The standard InChI is InChI=1S/C10H9NO5S/c11-10-8-3-2-7(16-17(13,14)15)5-6(8)1-4-9(10)12/h1-5,12H,11H2,(H,13,14,15). The Balaban J connectivity index is 2.56. The lowest BCUT2D eigenvalue weighted by atomic mass is 10.1. The largest absolute Gasteiger partial charge is 0.506 e. The fourth-order valence-electron chi connectivity index (χ4n) is 1.49. The van der Waals surface area contributed by atoms with E-state index in [1.165, 1.54) is 24.3 Å². The molecule has 0 heterocycles. The first-order valence-electron chi connectivity index (χ1n) is 4.55. The van der Waals surface area contributed by atoms with Gasteiger partial charge in [0, 0.05) is 5.39 Å². The molecule has 0 spiro atoms. The Morgan fingerprint density at radius 2 is 1.88 bits per heavy atom. The molecule has 0 bridgehead atoms. The van der Waals surface area contributed by atoms with E-state index < -0.39 is 10.4 Å². The van der Waals surface area contributed by atoms with E-state index in [0.29, 0.717) is 10.8 Å². The molecule has 7 heteroatoms. The fourth-order valence-corrected chi connectivity index (χ4v) is 1.84. The van der Waals surface area contributed by atoms with E-state index in [1.54, 1.807) is 6.07 Å². The highest BCUT2D eigenvalue weighted by Crippen LogP contribution is 2.31. The van der Waals surface area contributed by atoms with Gasteiger partial charge in [-0.25, -0.2) is 0 Å². The third-order valence-corrected chi connectivity index (χ3v) is 2.61. The van der Waals surface area contributed by atoms with Gasteiger partial charge in [0.2, 0.25) is 0 Å². The molecular weight excluding hydrogens is 246 g/mol. The highest BCUT2D eigenvalue weighted by atomic mass is 32.3. The zero-order valence-electron chi connectivity index (χ0n) is 8.49. The molecule has 0 saturated heterocycles. The normalized spacial score (nSPS) is 11.6. The molecule has 0 aromatic heterocycles. The summed E-state index contributed by atoms with van der Waals surface area (Å²) in [6.45, 7) is 0. The van der Waals surface area contributed by atoms with Crippen molar-refractivity contribution in [3.05, 3.63) is 30.3 Å². The van der Waals surface area contributed by atoms with E-state index in [9.17, 15) is 13.5 Å². The van der Waals surface area contributed by atoms with Gasteiger partial charge in [-0.3, -0.25) is 4.55 Å². The number of benzene rings is 2. The van der Waals surface area contributed by atoms with Crippen LogP contribution in [-0.2, 0) is 10.4 Å². The summed E-state index contributed by atoms with van der Waals surface area (Å²) in [5.41, 5.74) is 5.83. The molecule has 0 unspecified atom stereocenters. The minimum absolute atomic E-state index is 0.0370. The molecule has 0 radical (unpaired) electrons. The third kappa shape index (κ3) is 2.40. The zero-order chi connectivity index (χ0) is 12.6. The predicted molar refractivity (Wildman–Crippen MR) is 62.2 cm³/mol. The van der Waals surface area contributed by atoms with Crippen LogP contribution >= 0.6 is 0 Å². The molecule has 0 amide bonds. The molecule has 0 saturated carbocycles. The monoisotopic (exact) mass is 255 g/mol. The van der Waals surface area contributed by atoms with Crippen molar-refractivity contribution in [2.24, 2.45) is 0 Å². The van der Waals surface area contributed by atoms with Crippen LogP contribution in [0.25, 0.3) is 10.8 Å². The average Bonchev–Trinajstić information content (AvgIpc) is 2.21. The number of rotatable bonds is 2. The molecule has 0 atom stereocenters. The van der Waals surface area contributed by atoms with Crippen LogP contribution in [0.5, 0.6) is 11.5 Å². The average molecular weight is 255 g/mol. The van der Waals surface area contributed by atoms with Crippen molar-refractivity contribution in [1.29, 1.82) is 0 Å². The van der Waals surface area contributed by atoms with Crippen LogP contribution in [0.4, 0.5) is 5.69 Å². The van der Waals surface area contributed by atoms with E-state index in [-0.39, 0.29) is 17.2 Å². The van der Waals surface area contributed by atoms with Gasteiger partial charge in [-0.2, -0.15) is 8.42 Å². The molecule has 0 fully saturated rings. The summed E-state index contributed by atoms with van der Waals surface area (Å²) >= 11 is 0. The number of nitrogen functional groups attached to an aromatic ring is 1. The molecule has 6 nitrogen and oxygen atoms in total. The summed E-state index contributed by atoms with van der Waals surface area (Å²) in [5, 5.41) is 10.5. The Labute approximate surface area is 97.2 Å². The van der Waals surface area contributed by atoms with E-state index >= 15 is 0 Å². The summed E-state index contributed by atoms with van der Waals surface area (Å²) in [5.74, 6) is -0.0916. The van der Waals surface area contributed by atoms with Crippen LogP contribution in [-0.4, -0.2) is 18.1 Å². The minimum atomic E-state index is -4.54. The lowest BCUT2D eigenvalue weighted by Gasteiger charge is -2.06. The quantitative estimate of drug-likeness (QED) is 0.424. The van der Waals surface area contributed by atoms with Crippen molar-refractivity contribution in [2.45, 2.75) is 0 Å². The molecule has 2 rings (SSSR count). The molecule has 0 aliphatic carbocycles. The minimum Gasteiger partial charge on any atom is -0.506 e. The Morgan fingerprint density at radius 3 is 2.53 bits per heavy atom.